The summed E-state index contributed by atoms with van der Waals surface area (Å²) < 4.78 is 5.53. The van der Waals surface area contributed by atoms with Gasteiger partial charge >= 0.3 is 6.03 Å². The van der Waals surface area contributed by atoms with E-state index in [-0.39, 0.29) is 18.8 Å². The van der Waals surface area contributed by atoms with Crippen molar-refractivity contribution in [2.45, 2.75) is 51.5 Å². The molecule has 4 bridgehead atoms. The van der Waals surface area contributed by atoms with E-state index in [1.165, 1.54) is 38.5 Å². The van der Waals surface area contributed by atoms with Crippen molar-refractivity contribution in [1.82, 2.24) is 10.6 Å². The van der Waals surface area contributed by atoms with Crippen LogP contribution < -0.4 is 15.4 Å². The third-order valence-corrected chi connectivity index (χ3v) is 6.89. The highest BCUT2D eigenvalue weighted by Crippen LogP contribution is 2.61. The molecule has 4 fully saturated rings. The molecule has 4 saturated carbocycles. The number of urea groups is 1. The number of nitrogens with one attached hydrogen (secondary N) is 2. The van der Waals surface area contributed by atoms with Crippen LogP contribution in [0.3, 0.4) is 0 Å². The van der Waals surface area contributed by atoms with Crippen molar-refractivity contribution >= 4 is 17.6 Å². The maximum absolute atomic E-state index is 12.3. The van der Waals surface area contributed by atoms with Crippen molar-refractivity contribution in [3.05, 3.63) is 29.3 Å². The van der Waals surface area contributed by atoms with E-state index in [2.05, 4.69) is 17.6 Å². The Morgan fingerprint density at radius 3 is 2.28 bits per heavy atom. The summed E-state index contributed by atoms with van der Waals surface area (Å²) in [4.78, 5) is 12.3. The second-order valence-electron chi connectivity index (χ2n) is 8.39. The highest BCUT2D eigenvalue weighted by Gasteiger charge is 2.53. The summed E-state index contributed by atoms with van der Waals surface area (Å²) in [6, 6.07) is 7.20. The van der Waals surface area contributed by atoms with Crippen LogP contribution in [-0.2, 0) is 0 Å². The third kappa shape index (κ3) is 3.59. The Morgan fingerprint density at radius 1 is 1.16 bits per heavy atom. The van der Waals surface area contributed by atoms with Crippen LogP contribution in [0.2, 0.25) is 5.02 Å². The maximum Gasteiger partial charge on any atom is 0.317 e. The minimum atomic E-state index is -0.141. The topological polar surface area (TPSA) is 50.4 Å². The number of benzene rings is 1. The fourth-order valence-corrected chi connectivity index (χ4v) is 5.95. The number of hydrogen-bond acceptors (Lipinski definition) is 2. The number of carbonyl (C=O) groups excluding carboxylic acids is 1. The molecule has 4 aliphatic carbocycles. The zero-order valence-electron chi connectivity index (χ0n) is 14.8. The predicted octanol–water partition coefficient (Wildman–Crippen LogP) is 4.58. The van der Waals surface area contributed by atoms with Crippen LogP contribution in [0.25, 0.3) is 0 Å². The lowest BCUT2D eigenvalue weighted by Crippen LogP contribution is -2.57. The van der Waals surface area contributed by atoms with E-state index in [4.69, 9.17) is 16.3 Å². The van der Waals surface area contributed by atoms with Gasteiger partial charge in [-0.1, -0.05) is 11.6 Å². The minimum absolute atomic E-state index is 0.141. The fourth-order valence-electron chi connectivity index (χ4n) is 5.82. The number of ether oxygens (including phenoxy) is 1. The molecule has 2 amide bonds. The lowest BCUT2D eigenvalue weighted by Gasteiger charge is -2.59. The lowest BCUT2D eigenvalue weighted by molar-refractivity contribution is -0.0682. The van der Waals surface area contributed by atoms with E-state index in [0.717, 1.165) is 17.8 Å². The monoisotopic (exact) mass is 362 g/mol. The Kier molecular flexibility index (Phi) is 4.57. The van der Waals surface area contributed by atoms with Gasteiger partial charge in [0.2, 0.25) is 0 Å². The quantitative estimate of drug-likeness (QED) is 0.753. The van der Waals surface area contributed by atoms with E-state index in [1.807, 2.05) is 0 Å². The molecule has 0 aromatic heterocycles. The summed E-state index contributed by atoms with van der Waals surface area (Å²) in [5.74, 6) is 3.38. The van der Waals surface area contributed by atoms with E-state index in [1.54, 1.807) is 24.3 Å². The van der Waals surface area contributed by atoms with Crippen LogP contribution in [0, 0.1) is 23.2 Å². The van der Waals surface area contributed by atoms with E-state index in [9.17, 15) is 4.79 Å². The average molecular weight is 363 g/mol. The van der Waals surface area contributed by atoms with Gasteiger partial charge < -0.3 is 15.4 Å². The highest BCUT2D eigenvalue weighted by atomic mass is 35.5. The molecule has 1 unspecified atom stereocenters. The lowest BCUT2D eigenvalue weighted by atomic mass is 9.48. The highest BCUT2D eigenvalue weighted by molar-refractivity contribution is 6.30. The van der Waals surface area contributed by atoms with Gasteiger partial charge in [-0.15, -0.1) is 0 Å². The molecule has 136 valence electrons. The van der Waals surface area contributed by atoms with E-state index in [0.29, 0.717) is 16.2 Å². The second kappa shape index (κ2) is 6.71. The molecule has 1 aromatic rings. The molecule has 25 heavy (non-hydrogen) atoms. The maximum atomic E-state index is 12.3. The first-order valence-corrected chi connectivity index (χ1v) is 9.83. The molecule has 1 aromatic carbocycles. The predicted molar refractivity (Wildman–Crippen MR) is 98.7 cm³/mol. The molecule has 0 radical (unpaired) electrons. The first-order chi connectivity index (χ1) is 12.0. The van der Waals surface area contributed by atoms with Crippen LogP contribution in [0.15, 0.2) is 24.3 Å². The summed E-state index contributed by atoms with van der Waals surface area (Å²) in [5.41, 5.74) is 0.323. The average Bonchev–Trinajstić information content (AvgIpc) is 2.55. The van der Waals surface area contributed by atoms with E-state index < -0.39 is 0 Å². The molecule has 4 nitrogen and oxygen atoms in total. The van der Waals surface area contributed by atoms with E-state index >= 15 is 0 Å². The van der Waals surface area contributed by atoms with Gasteiger partial charge in [0, 0.05) is 11.1 Å². The van der Waals surface area contributed by atoms with Crippen LogP contribution in [0.4, 0.5) is 4.79 Å². The summed E-state index contributed by atoms with van der Waals surface area (Å²) >= 11 is 5.85. The SMILES string of the molecule is CC(NC(=O)NCOc1ccc(Cl)cc1)C12CC3CC(CC(C3)C1)C2. The van der Waals surface area contributed by atoms with Gasteiger partial charge in [0.1, 0.15) is 5.75 Å². The van der Waals surface area contributed by atoms with Crippen molar-refractivity contribution < 1.29 is 9.53 Å². The third-order valence-electron chi connectivity index (χ3n) is 6.64. The molecule has 1 atom stereocenters. The van der Waals surface area contributed by atoms with Crippen LogP contribution in [-0.4, -0.2) is 18.8 Å². The van der Waals surface area contributed by atoms with Gasteiger partial charge in [-0.2, -0.15) is 0 Å². The molecule has 0 heterocycles. The van der Waals surface area contributed by atoms with Crippen molar-refractivity contribution in [1.29, 1.82) is 0 Å². The van der Waals surface area contributed by atoms with Crippen molar-refractivity contribution in [3.8, 4) is 5.75 Å². The van der Waals surface area contributed by atoms with Gasteiger partial charge in [-0.25, -0.2) is 4.79 Å². The smallest absolute Gasteiger partial charge is 0.317 e. The number of amides is 2. The summed E-state index contributed by atoms with van der Waals surface area (Å²) in [6.45, 7) is 2.34. The standard InChI is InChI=1S/C20H27ClN2O2/c1-13(20-9-14-6-15(10-20)8-16(7-14)11-20)23-19(24)22-12-25-18-4-2-17(21)3-5-18/h2-5,13-16H,6-12H2,1H3,(H2,22,23,24). The molecular formula is C20H27ClN2O2. The molecule has 4 aliphatic rings. The fraction of sp³-hybridized carbons (Fsp3) is 0.650. The summed E-state index contributed by atoms with van der Waals surface area (Å²) in [7, 11) is 0. The van der Waals surface area contributed by atoms with Gasteiger partial charge in [0.05, 0.1) is 0 Å². The number of halogens is 1. The largest absolute Gasteiger partial charge is 0.473 e. The first kappa shape index (κ1) is 17.0. The zero-order valence-corrected chi connectivity index (χ0v) is 15.5. The van der Waals surface area contributed by atoms with Gasteiger partial charge in [0.25, 0.3) is 0 Å². The Balaban J connectivity index is 1.27. The Labute approximate surface area is 154 Å². The normalized spacial score (nSPS) is 33.8. The number of carbonyl (C=O) groups is 1. The van der Waals surface area contributed by atoms with Crippen LogP contribution in [0.5, 0.6) is 5.75 Å². The van der Waals surface area contributed by atoms with Crippen LogP contribution >= 0.6 is 11.6 Å². The number of hydrogen-bond donors (Lipinski definition) is 2. The molecule has 2 N–H and O–H groups in total. The molecular weight excluding hydrogens is 336 g/mol. The zero-order chi connectivity index (χ0) is 17.4. The molecule has 5 heteroatoms. The summed E-state index contributed by atoms with van der Waals surface area (Å²) in [6.07, 6.45) is 8.15. The molecule has 0 aliphatic heterocycles. The first-order valence-electron chi connectivity index (χ1n) is 9.45. The second-order valence-corrected chi connectivity index (χ2v) is 8.83. The molecule has 0 spiro atoms. The van der Waals surface area contributed by atoms with Gasteiger partial charge in [-0.05, 0) is 92.9 Å². The van der Waals surface area contributed by atoms with Crippen molar-refractivity contribution in [2.24, 2.45) is 23.2 Å². The Morgan fingerprint density at radius 2 is 1.72 bits per heavy atom. The molecule has 5 rings (SSSR count). The van der Waals surface area contributed by atoms with Gasteiger partial charge in [-0.3, -0.25) is 0 Å². The van der Waals surface area contributed by atoms with Crippen molar-refractivity contribution in [3.63, 3.8) is 0 Å². The summed E-state index contributed by atoms with van der Waals surface area (Å²) in [5, 5.41) is 6.65. The number of rotatable bonds is 5. The van der Waals surface area contributed by atoms with Crippen molar-refractivity contribution in [2.75, 3.05) is 6.73 Å². The minimum Gasteiger partial charge on any atom is -0.473 e. The molecule has 0 saturated heterocycles. The van der Waals surface area contributed by atoms with Gasteiger partial charge in [0.15, 0.2) is 6.73 Å². The Hall–Kier alpha value is -1.42. The van der Waals surface area contributed by atoms with Crippen LogP contribution in [0.1, 0.15) is 45.4 Å². The Bertz CT molecular complexity index is 596.